The lowest BCUT2D eigenvalue weighted by molar-refractivity contribution is 0.0830. The second kappa shape index (κ2) is 6.15. The van der Waals surface area contributed by atoms with Crippen molar-refractivity contribution in [1.82, 2.24) is 10.1 Å². The Balaban J connectivity index is 1.65. The molecular weight excluding hydrogens is 256 g/mol. The fraction of sp³-hybridized carbons (Fsp3) is 0.467. The molecule has 2 heterocycles. The number of hydrogen-bond acceptors (Lipinski definition) is 5. The van der Waals surface area contributed by atoms with Crippen molar-refractivity contribution in [3.8, 4) is 0 Å². The van der Waals surface area contributed by atoms with Crippen LogP contribution < -0.4 is 0 Å². The van der Waals surface area contributed by atoms with Crippen molar-refractivity contribution in [3.05, 3.63) is 47.6 Å². The number of hydrogen-bond donors (Lipinski definition) is 1. The lowest BCUT2D eigenvalue weighted by Gasteiger charge is -2.18. The maximum absolute atomic E-state index is 10.1. The minimum Gasteiger partial charge on any atom is -0.388 e. The smallest absolute Gasteiger partial charge is 0.229 e. The van der Waals surface area contributed by atoms with E-state index in [0.29, 0.717) is 18.2 Å². The molecule has 1 aliphatic heterocycles. The molecule has 0 bridgehead atoms. The van der Waals surface area contributed by atoms with Crippen LogP contribution in [0.5, 0.6) is 0 Å². The quantitative estimate of drug-likeness (QED) is 0.926. The van der Waals surface area contributed by atoms with Gasteiger partial charge in [0.05, 0.1) is 12.5 Å². The first-order valence-electron chi connectivity index (χ1n) is 6.96. The van der Waals surface area contributed by atoms with Gasteiger partial charge in [-0.05, 0) is 18.4 Å². The molecule has 5 heteroatoms. The molecule has 20 heavy (non-hydrogen) atoms. The number of ether oxygens (including phenoxy) is 1. The molecule has 5 nitrogen and oxygen atoms in total. The first kappa shape index (κ1) is 13.3. The first-order chi connectivity index (χ1) is 9.83. The van der Waals surface area contributed by atoms with Crippen LogP contribution in [0.1, 0.15) is 42.1 Å². The van der Waals surface area contributed by atoms with E-state index in [9.17, 15) is 5.11 Å². The van der Waals surface area contributed by atoms with E-state index >= 15 is 0 Å². The number of nitrogens with zero attached hydrogens (tertiary/aromatic N) is 2. The summed E-state index contributed by atoms with van der Waals surface area (Å²) in [6.07, 6.45) is 1.60. The van der Waals surface area contributed by atoms with Crippen LogP contribution in [-0.2, 0) is 11.2 Å². The summed E-state index contributed by atoms with van der Waals surface area (Å²) in [5, 5.41) is 14.2. The van der Waals surface area contributed by atoms with Gasteiger partial charge in [0.1, 0.15) is 0 Å². The summed E-state index contributed by atoms with van der Waals surface area (Å²) in [5.74, 6) is 1.54. The molecule has 1 N–H and O–H groups in total. The van der Waals surface area contributed by atoms with E-state index in [2.05, 4.69) is 10.1 Å². The molecule has 0 spiro atoms. The highest BCUT2D eigenvalue weighted by Crippen LogP contribution is 2.25. The molecule has 1 aromatic carbocycles. The van der Waals surface area contributed by atoms with Gasteiger partial charge in [0.15, 0.2) is 5.82 Å². The second-order valence-electron chi connectivity index (χ2n) is 5.06. The first-order valence-corrected chi connectivity index (χ1v) is 6.96. The van der Waals surface area contributed by atoms with E-state index < -0.39 is 6.10 Å². The van der Waals surface area contributed by atoms with Gasteiger partial charge in [0.25, 0.3) is 0 Å². The topological polar surface area (TPSA) is 68.4 Å². The van der Waals surface area contributed by atoms with E-state index in [0.717, 1.165) is 37.4 Å². The third-order valence-corrected chi connectivity index (χ3v) is 3.62. The van der Waals surface area contributed by atoms with E-state index in [4.69, 9.17) is 9.26 Å². The third-order valence-electron chi connectivity index (χ3n) is 3.62. The van der Waals surface area contributed by atoms with E-state index in [1.807, 2.05) is 30.3 Å². The molecular formula is C15H18N2O3. The number of aromatic nitrogens is 2. The number of benzene rings is 1. The fourth-order valence-electron chi connectivity index (χ4n) is 2.43. The van der Waals surface area contributed by atoms with Crippen molar-refractivity contribution in [2.45, 2.75) is 31.3 Å². The predicted octanol–water partition coefficient (Wildman–Crippen LogP) is 2.24. The van der Waals surface area contributed by atoms with Crippen LogP contribution in [0.2, 0.25) is 0 Å². The molecule has 1 fully saturated rings. The van der Waals surface area contributed by atoms with Gasteiger partial charge in [0, 0.05) is 19.1 Å². The van der Waals surface area contributed by atoms with Gasteiger partial charge < -0.3 is 14.4 Å². The Morgan fingerprint density at radius 1 is 1.20 bits per heavy atom. The maximum Gasteiger partial charge on any atom is 0.229 e. The summed E-state index contributed by atoms with van der Waals surface area (Å²) in [5.41, 5.74) is 0.860. The Morgan fingerprint density at radius 2 is 1.95 bits per heavy atom. The van der Waals surface area contributed by atoms with E-state index in [1.54, 1.807) is 0 Å². The molecule has 1 aromatic heterocycles. The molecule has 1 atom stereocenters. The van der Waals surface area contributed by atoms with Gasteiger partial charge in [-0.1, -0.05) is 35.5 Å². The fourth-order valence-corrected chi connectivity index (χ4v) is 2.43. The zero-order chi connectivity index (χ0) is 13.8. The highest BCUT2D eigenvalue weighted by Gasteiger charge is 2.22. The van der Waals surface area contributed by atoms with Gasteiger partial charge in [-0.2, -0.15) is 4.98 Å². The summed E-state index contributed by atoms with van der Waals surface area (Å²) in [6.45, 7) is 1.50. The van der Waals surface area contributed by atoms with Crippen LogP contribution in [-0.4, -0.2) is 28.5 Å². The molecule has 0 amide bonds. The zero-order valence-corrected chi connectivity index (χ0v) is 11.2. The summed E-state index contributed by atoms with van der Waals surface area (Å²) in [7, 11) is 0. The van der Waals surface area contributed by atoms with Crippen molar-refractivity contribution in [2.24, 2.45) is 0 Å². The SMILES string of the molecule is OC(Cc1nc(C2CCOCC2)no1)c1ccccc1. The molecule has 0 radical (unpaired) electrons. The largest absolute Gasteiger partial charge is 0.388 e. The van der Waals surface area contributed by atoms with Crippen LogP contribution in [0.3, 0.4) is 0 Å². The molecule has 1 aliphatic rings. The lowest BCUT2D eigenvalue weighted by Crippen LogP contribution is -2.15. The van der Waals surface area contributed by atoms with E-state index in [1.165, 1.54) is 0 Å². The molecule has 3 rings (SSSR count). The maximum atomic E-state index is 10.1. The summed E-state index contributed by atoms with van der Waals surface area (Å²) >= 11 is 0. The van der Waals surface area contributed by atoms with Crippen molar-refractivity contribution in [3.63, 3.8) is 0 Å². The highest BCUT2D eigenvalue weighted by molar-refractivity contribution is 5.18. The normalized spacial score (nSPS) is 18.1. The Morgan fingerprint density at radius 3 is 2.70 bits per heavy atom. The monoisotopic (exact) mass is 274 g/mol. The van der Waals surface area contributed by atoms with Gasteiger partial charge in [-0.25, -0.2) is 0 Å². The zero-order valence-electron chi connectivity index (χ0n) is 11.2. The third kappa shape index (κ3) is 3.05. The molecule has 106 valence electrons. The minimum absolute atomic E-state index is 0.315. The average Bonchev–Trinajstić information content (AvgIpc) is 2.97. The van der Waals surface area contributed by atoms with Gasteiger partial charge in [-0.15, -0.1) is 0 Å². The summed E-state index contributed by atoms with van der Waals surface area (Å²) in [6, 6.07) is 9.51. The van der Waals surface area contributed by atoms with E-state index in [-0.39, 0.29) is 0 Å². The standard InChI is InChI=1S/C15H18N2O3/c18-13(11-4-2-1-3-5-11)10-14-16-15(17-20-14)12-6-8-19-9-7-12/h1-5,12-13,18H,6-10H2. The lowest BCUT2D eigenvalue weighted by atomic mass is 10.00. The van der Waals surface area contributed by atoms with Crippen LogP contribution in [0, 0.1) is 0 Å². The van der Waals surface area contributed by atoms with Crippen LogP contribution in [0.15, 0.2) is 34.9 Å². The molecule has 2 aromatic rings. The Labute approximate surface area is 117 Å². The highest BCUT2D eigenvalue weighted by atomic mass is 16.5. The number of rotatable bonds is 4. The van der Waals surface area contributed by atoms with Crippen LogP contribution in [0.4, 0.5) is 0 Å². The average molecular weight is 274 g/mol. The minimum atomic E-state index is -0.612. The predicted molar refractivity (Wildman–Crippen MR) is 72.2 cm³/mol. The van der Waals surface area contributed by atoms with Gasteiger partial charge in [-0.3, -0.25) is 0 Å². The molecule has 0 aliphatic carbocycles. The van der Waals surface area contributed by atoms with Crippen molar-refractivity contribution in [2.75, 3.05) is 13.2 Å². The van der Waals surface area contributed by atoms with Crippen LogP contribution >= 0.6 is 0 Å². The Kier molecular flexibility index (Phi) is 4.08. The van der Waals surface area contributed by atoms with Crippen molar-refractivity contribution < 1.29 is 14.4 Å². The Bertz CT molecular complexity index is 535. The van der Waals surface area contributed by atoms with Crippen molar-refractivity contribution in [1.29, 1.82) is 0 Å². The Hall–Kier alpha value is -1.72. The van der Waals surface area contributed by atoms with Gasteiger partial charge in [0.2, 0.25) is 5.89 Å². The number of aliphatic hydroxyl groups excluding tert-OH is 1. The molecule has 1 unspecified atom stereocenters. The van der Waals surface area contributed by atoms with Crippen molar-refractivity contribution >= 4 is 0 Å². The summed E-state index contributed by atoms with van der Waals surface area (Å²) in [4.78, 5) is 4.41. The number of aliphatic hydroxyl groups is 1. The second-order valence-corrected chi connectivity index (χ2v) is 5.06. The van der Waals surface area contributed by atoms with Gasteiger partial charge >= 0.3 is 0 Å². The van der Waals surface area contributed by atoms with Crippen LogP contribution in [0.25, 0.3) is 0 Å². The summed E-state index contributed by atoms with van der Waals surface area (Å²) < 4.78 is 10.6. The molecule has 1 saturated heterocycles. The molecule has 0 saturated carbocycles.